The number of nitrogens with one attached hydrogen (secondary N) is 2. The van der Waals surface area contributed by atoms with E-state index in [1.807, 2.05) is 18.2 Å². The molecule has 0 aliphatic rings. The summed E-state index contributed by atoms with van der Waals surface area (Å²) in [5.74, 6) is 1.36. The Bertz CT molecular complexity index is 677. The zero-order valence-electron chi connectivity index (χ0n) is 13.1. The Balaban J connectivity index is 1.88. The van der Waals surface area contributed by atoms with Crippen molar-refractivity contribution in [2.75, 3.05) is 26.1 Å². The van der Waals surface area contributed by atoms with Gasteiger partial charge in [-0.3, -0.25) is 0 Å². The van der Waals surface area contributed by atoms with Crippen LogP contribution in [0.1, 0.15) is 5.56 Å². The molecule has 0 bridgehead atoms. The predicted octanol–water partition coefficient (Wildman–Crippen LogP) is 3.72. The molecule has 0 unspecified atom stereocenters. The normalized spacial score (nSPS) is 10.0. The van der Waals surface area contributed by atoms with Crippen molar-refractivity contribution in [3.05, 3.63) is 53.1 Å². The highest BCUT2D eigenvalue weighted by molar-refractivity contribution is 6.30. The van der Waals surface area contributed by atoms with Crippen molar-refractivity contribution in [2.45, 2.75) is 6.42 Å². The molecular formula is C17H19ClN2O3. The van der Waals surface area contributed by atoms with Crippen molar-refractivity contribution >= 4 is 23.3 Å². The number of ether oxygens (including phenoxy) is 2. The lowest BCUT2D eigenvalue weighted by molar-refractivity contribution is 0.252. The molecule has 0 fully saturated rings. The molecule has 0 heterocycles. The van der Waals surface area contributed by atoms with Gasteiger partial charge >= 0.3 is 6.03 Å². The zero-order valence-corrected chi connectivity index (χ0v) is 13.8. The molecule has 0 aliphatic carbocycles. The van der Waals surface area contributed by atoms with Crippen LogP contribution in [-0.4, -0.2) is 26.8 Å². The second kappa shape index (κ2) is 8.29. The first kappa shape index (κ1) is 17.0. The van der Waals surface area contributed by atoms with Crippen molar-refractivity contribution in [2.24, 2.45) is 0 Å². The summed E-state index contributed by atoms with van der Waals surface area (Å²) < 4.78 is 10.6. The van der Waals surface area contributed by atoms with E-state index >= 15 is 0 Å². The van der Waals surface area contributed by atoms with Gasteiger partial charge in [0.15, 0.2) is 11.5 Å². The first-order valence-corrected chi connectivity index (χ1v) is 7.52. The molecule has 0 saturated heterocycles. The number of hydrogen-bond donors (Lipinski definition) is 2. The van der Waals surface area contributed by atoms with Crippen LogP contribution in [0.15, 0.2) is 42.5 Å². The van der Waals surface area contributed by atoms with E-state index in [4.69, 9.17) is 21.1 Å². The van der Waals surface area contributed by atoms with Crippen LogP contribution >= 0.6 is 11.6 Å². The smallest absolute Gasteiger partial charge is 0.319 e. The zero-order chi connectivity index (χ0) is 16.7. The first-order valence-electron chi connectivity index (χ1n) is 7.14. The van der Waals surface area contributed by atoms with Gasteiger partial charge < -0.3 is 20.1 Å². The minimum absolute atomic E-state index is 0.283. The molecule has 2 rings (SSSR count). The Kier molecular flexibility index (Phi) is 6.11. The summed E-state index contributed by atoms with van der Waals surface area (Å²) >= 11 is 5.88. The highest BCUT2D eigenvalue weighted by atomic mass is 35.5. The molecule has 0 atom stereocenters. The van der Waals surface area contributed by atoms with Crippen molar-refractivity contribution in [1.82, 2.24) is 5.32 Å². The summed E-state index contributed by atoms with van der Waals surface area (Å²) in [5.41, 5.74) is 1.61. The number of hydrogen-bond acceptors (Lipinski definition) is 3. The Labute approximate surface area is 140 Å². The van der Waals surface area contributed by atoms with Crippen LogP contribution in [0.25, 0.3) is 0 Å². The number of anilines is 1. The molecule has 5 nitrogen and oxygen atoms in total. The van der Waals surface area contributed by atoms with E-state index in [1.165, 1.54) is 0 Å². The largest absolute Gasteiger partial charge is 0.493 e. The van der Waals surface area contributed by atoms with Gasteiger partial charge in [0.1, 0.15) is 0 Å². The number of rotatable bonds is 6. The Morgan fingerprint density at radius 3 is 2.61 bits per heavy atom. The lowest BCUT2D eigenvalue weighted by Gasteiger charge is -2.13. The molecule has 0 spiro atoms. The van der Waals surface area contributed by atoms with Gasteiger partial charge in [-0.25, -0.2) is 4.79 Å². The molecular weight excluding hydrogens is 316 g/mol. The second-order valence-corrected chi connectivity index (χ2v) is 5.23. The van der Waals surface area contributed by atoms with Crippen molar-refractivity contribution < 1.29 is 14.3 Å². The minimum Gasteiger partial charge on any atom is -0.493 e. The Morgan fingerprint density at radius 2 is 1.91 bits per heavy atom. The number of halogens is 1. The van der Waals surface area contributed by atoms with E-state index in [9.17, 15) is 4.79 Å². The highest BCUT2D eigenvalue weighted by Crippen LogP contribution is 2.30. The number of carbonyl (C=O) groups excluding carboxylic acids is 1. The van der Waals surface area contributed by atoms with E-state index in [0.29, 0.717) is 35.2 Å². The number of urea groups is 1. The fraction of sp³-hybridized carbons (Fsp3) is 0.235. The quantitative estimate of drug-likeness (QED) is 0.846. The molecule has 6 heteroatoms. The summed E-state index contributed by atoms with van der Waals surface area (Å²) in [6, 6.07) is 12.4. The summed E-state index contributed by atoms with van der Waals surface area (Å²) in [7, 11) is 3.19. The van der Waals surface area contributed by atoms with E-state index in [0.717, 1.165) is 5.56 Å². The third-order valence-electron chi connectivity index (χ3n) is 3.25. The van der Waals surface area contributed by atoms with Crippen LogP contribution in [0, 0.1) is 0 Å². The molecule has 2 N–H and O–H groups in total. The lowest BCUT2D eigenvalue weighted by atomic mass is 10.1. The van der Waals surface area contributed by atoms with Crippen LogP contribution in [0.3, 0.4) is 0 Å². The van der Waals surface area contributed by atoms with Crippen LogP contribution in [-0.2, 0) is 6.42 Å². The summed E-state index contributed by atoms with van der Waals surface area (Å²) in [4.78, 5) is 11.9. The number of para-hydroxylation sites is 1. The van der Waals surface area contributed by atoms with Crippen molar-refractivity contribution in [1.29, 1.82) is 0 Å². The summed E-state index contributed by atoms with van der Waals surface area (Å²) in [5, 5.41) is 6.10. The Hall–Kier alpha value is -2.40. The topological polar surface area (TPSA) is 59.6 Å². The number of amides is 2. The SMILES string of the molecule is COc1cccc(CCNC(=O)Nc2cccc(Cl)c2)c1OC. The van der Waals surface area contributed by atoms with E-state index in [2.05, 4.69) is 10.6 Å². The van der Waals surface area contributed by atoms with Crippen LogP contribution < -0.4 is 20.1 Å². The minimum atomic E-state index is -0.283. The molecule has 0 aliphatic heterocycles. The standard InChI is InChI=1S/C17H19ClN2O3/c1-22-15-8-3-5-12(16(15)23-2)9-10-19-17(21)20-14-7-4-6-13(18)11-14/h3-8,11H,9-10H2,1-2H3,(H2,19,20,21). The first-order chi connectivity index (χ1) is 11.1. The molecule has 0 aromatic heterocycles. The van der Waals surface area contributed by atoms with Crippen LogP contribution in [0.4, 0.5) is 10.5 Å². The average Bonchev–Trinajstić information content (AvgIpc) is 2.54. The van der Waals surface area contributed by atoms with Gasteiger partial charge in [-0.15, -0.1) is 0 Å². The number of carbonyl (C=O) groups is 1. The molecule has 2 amide bonds. The molecule has 0 radical (unpaired) electrons. The van der Waals surface area contributed by atoms with Crippen LogP contribution in [0.2, 0.25) is 5.02 Å². The fourth-order valence-corrected chi connectivity index (χ4v) is 2.39. The third kappa shape index (κ3) is 4.79. The number of methoxy groups -OCH3 is 2. The molecule has 23 heavy (non-hydrogen) atoms. The average molecular weight is 335 g/mol. The summed E-state index contributed by atoms with van der Waals surface area (Å²) in [6.07, 6.45) is 0.628. The van der Waals surface area contributed by atoms with Crippen LogP contribution in [0.5, 0.6) is 11.5 Å². The molecule has 2 aromatic carbocycles. The van der Waals surface area contributed by atoms with E-state index in [-0.39, 0.29) is 6.03 Å². The maximum absolute atomic E-state index is 11.9. The molecule has 0 saturated carbocycles. The van der Waals surface area contributed by atoms with Crippen molar-refractivity contribution in [3.8, 4) is 11.5 Å². The highest BCUT2D eigenvalue weighted by Gasteiger charge is 2.09. The maximum atomic E-state index is 11.9. The fourth-order valence-electron chi connectivity index (χ4n) is 2.20. The van der Waals surface area contributed by atoms with E-state index in [1.54, 1.807) is 38.5 Å². The lowest BCUT2D eigenvalue weighted by Crippen LogP contribution is -2.30. The summed E-state index contributed by atoms with van der Waals surface area (Å²) in [6.45, 7) is 0.468. The van der Waals surface area contributed by atoms with Gasteiger partial charge in [0.05, 0.1) is 14.2 Å². The maximum Gasteiger partial charge on any atom is 0.319 e. The van der Waals surface area contributed by atoms with Gasteiger partial charge in [0, 0.05) is 17.3 Å². The van der Waals surface area contributed by atoms with Gasteiger partial charge in [0.2, 0.25) is 0 Å². The predicted molar refractivity (Wildman–Crippen MR) is 91.7 cm³/mol. The van der Waals surface area contributed by atoms with Gasteiger partial charge in [-0.05, 0) is 36.2 Å². The van der Waals surface area contributed by atoms with Gasteiger partial charge in [0.25, 0.3) is 0 Å². The van der Waals surface area contributed by atoms with Crippen molar-refractivity contribution in [3.63, 3.8) is 0 Å². The monoisotopic (exact) mass is 334 g/mol. The Morgan fingerprint density at radius 1 is 1.13 bits per heavy atom. The molecule has 122 valence electrons. The number of benzene rings is 2. The molecule has 2 aromatic rings. The second-order valence-electron chi connectivity index (χ2n) is 4.79. The van der Waals surface area contributed by atoms with Gasteiger partial charge in [-0.1, -0.05) is 29.8 Å². The van der Waals surface area contributed by atoms with E-state index < -0.39 is 0 Å². The third-order valence-corrected chi connectivity index (χ3v) is 3.48. The van der Waals surface area contributed by atoms with Gasteiger partial charge in [-0.2, -0.15) is 0 Å².